The van der Waals surface area contributed by atoms with Crippen LogP contribution in [0.2, 0.25) is 0 Å². The fourth-order valence-corrected chi connectivity index (χ4v) is 4.32. The van der Waals surface area contributed by atoms with Gasteiger partial charge in [0.05, 0.1) is 6.10 Å². The van der Waals surface area contributed by atoms with E-state index in [2.05, 4.69) is 58.1 Å². The summed E-state index contributed by atoms with van der Waals surface area (Å²) in [7, 11) is 0. The first kappa shape index (κ1) is 18.8. The van der Waals surface area contributed by atoms with Gasteiger partial charge in [-0.3, -0.25) is 4.79 Å². The average Bonchev–Trinajstić information content (AvgIpc) is 3.15. The largest absolute Gasteiger partial charge is 0.373 e. The van der Waals surface area contributed by atoms with Gasteiger partial charge in [-0.1, -0.05) is 23.9 Å². The Balaban J connectivity index is 1.42. The van der Waals surface area contributed by atoms with Crippen molar-refractivity contribution in [3.8, 4) is 5.69 Å². The number of carbonyl (C=O) groups is 1. The topological polar surface area (TPSA) is 70.1 Å². The number of primary amides is 1. The van der Waals surface area contributed by atoms with E-state index < -0.39 is 0 Å². The minimum absolute atomic E-state index is 0.0528. The summed E-state index contributed by atoms with van der Waals surface area (Å²) in [5, 5.41) is 0. The maximum Gasteiger partial charge on any atom is 0.220 e. The molecule has 2 heterocycles. The van der Waals surface area contributed by atoms with Crippen LogP contribution >= 0.6 is 11.8 Å². The lowest BCUT2D eigenvalue weighted by Gasteiger charge is -2.28. The number of nitrogens with two attached hydrogens (primary N) is 1. The van der Waals surface area contributed by atoms with E-state index in [1.54, 1.807) is 18.0 Å². The molecule has 28 heavy (non-hydrogen) atoms. The molecule has 2 aromatic carbocycles. The summed E-state index contributed by atoms with van der Waals surface area (Å²) >= 11 is 1.72. The molecule has 1 aliphatic rings. The van der Waals surface area contributed by atoms with Gasteiger partial charge in [0.15, 0.2) is 0 Å². The van der Waals surface area contributed by atoms with Gasteiger partial charge < -0.3 is 15.0 Å². The third kappa shape index (κ3) is 4.13. The lowest BCUT2D eigenvalue weighted by molar-refractivity contribution is -0.126. The minimum Gasteiger partial charge on any atom is -0.373 e. The van der Waals surface area contributed by atoms with E-state index in [1.165, 1.54) is 4.90 Å². The van der Waals surface area contributed by atoms with Crippen molar-refractivity contribution in [1.29, 1.82) is 0 Å². The number of hydrogen-bond donors (Lipinski definition) is 1. The molecule has 6 heteroatoms. The fraction of sp³-hybridized carbons (Fsp3) is 0.273. The van der Waals surface area contributed by atoms with Crippen LogP contribution < -0.4 is 5.73 Å². The predicted octanol–water partition coefficient (Wildman–Crippen LogP) is 4.28. The molecule has 0 aliphatic carbocycles. The normalized spacial score (nSPS) is 19.5. The lowest BCUT2D eigenvalue weighted by atomic mass is 9.91. The van der Waals surface area contributed by atoms with E-state index in [1.807, 2.05) is 13.1 Å². The molecule has 1 saturated heterocycles. The Morgan fingerprint density at radius 1 is 1.14 bits per heavy atom. The Kier molecular flexibility index (Phi) is 5.50. The number of nitrogens with zero attached hydrogens (tertiary/aromatic N) is 2. The number of benzene rings is 2. The van der Waals surface area contributed by atoms with Crippen LogP contribution in [0.3, 0.4) is 0 Å². The summed E-state index contributed by atoms with van der Waals surface area (Å²) in [6.07, 6.45) is 5.10. The molecular weight excluding hydrogens is 370 g/mol. The summed E-state index contributed by atoms with van der Waals surface area (Å²) in [4.78, 5) is 18.1. The van der Waals surface area contributed by atoms with Crippen molar-refractivity contribution in [1.82, 2.24) is 9.55 Å². The van der Waals surface area contributed by atoms with Crippen LogP contribution in [-0.2, 0) is 9.53 Å². The van der Waals surface area contributed by atoms with Gasteiger partial charge in [-0.15, -0.1) is 0 Å². The monoisotopic (exact) mass is 393 g/mol. The summed E-state index contributed by atoms with van der Waals surface area (Å²) < 4.78 is 7.90. The van der Waals surface area contributed by atoms with Gasteiger partial charge in [-0.25, -0.2) is 4.98 Å². The van der Waals surface area contributed by atoms with E-state index in [4.69, 9.17) is 10.5 Å². The smallest absolute Gasteiger partial charge is 0.220 e. The Bertz CT molecular complexity index is 951. The highest BCUT2D eigenvalue weighted by Gasteiger charge is 2.27. The number of hydrogen-bond acceptors (Lipinski definition) is 4. The maximum atomic E-state index is 11.5. The highest BCUT2D eigenvalue weighted by Crippen LogP contribution is 2.34. The standard InChI is InChI=1S/C22H23N3O2S/c1-15-24-11-12-25(15)18-4-8-20(9-5-18)28-19-6-2-16(3-7-19)21-14-17(22(23)26)10-13-27-21/h2-9,11-12,17,21H,10,13-14H2,1H3,(H2,23,26). The Labute approximate surface area is 168 Å². The second-order valence-electron chi connectivity index (χ2n) is 6.99. The quantitative estimate of drug-likeness (QED) is 0.702. The molecule has 2 N–H and O–H groups in total. The van der Waals surface area contributed by atoms with Gasteiger partial charge >= 0.3 is 0 Å². The number of carbonyl (C=O) groups excluding carboxylic acids is 1. The lowest BCUT2D eigenvalue weighted by Crippen LogP contribution is -2.30. The predicted molar refractivity (Wildman–Crippen MR) is 109 cm³/mol. The summed E-state index contributed by atoms with van der Waals surface area (Å²) in [5.74, 6) is 0.653. The maximum absolute atomic E-state index is 11.5. The molecule has 0 radical (unpaired) electrons. The van der Waals surface area contributed by atoms with Crippen molar-refractivity contribution >= 4 is 17.7 Å². The Hall–Kier alpha value is -2.57. The molecule has 0 spiro atoms. The number of imidazole rings is 1. The zero-order valence-electron chi connectivity index (χ0n) is 15.7. The van der Waals surface area contributed by atoms with Crippen molar-refractivity contribution in [2.75, 3.05) is 6.61 Å². The van der Waals surface area contributed by atoms with Crippen LogP contribution in [0, 0.1) is 12.8 Å². The average molecular weight is 394 g/mol. The SMILES string of the molecule is Cc1nccn1-c1ccc(Sc2ccc(C3CC(C(N)=O)CCO3)cc2)cc1. The second-order valence-corrected chi connectivity index (χ2v) is 8.14. The van der Waals surface area contributed by atoms with Crippen molar-refractivity contribution in [2.24, 2.45) is 11.7 Å². The third-order valence-electron chi connectivity index (χ3n) is 5.11. The Morgan fingerprint density at radius 3 is 2.43 bits per heavy atom. The summed E-state index contributed by atoms with van der Waals surface area (Å²) in [6, 6.07) is 16.8. The molecule has 1 aliphatic heterocycles. The van der Waals surface area contributed by atoms with Crippen LogP contribution in [-0.4, -0.2) is 22.1 Å². The van der Waals surface area contributed by atoms with Crippen LogP contribution in [0.25, 0.3) is 5.69 Å². The summed E-state index contributed by atoms with van der Waals surface area (Å²) in [6.45, 7) is 2.57. The molecule has 0 saturated carbocycles. The number of rotatable bonds is 5. The van der Waals surface area contributed by atoms with Crippen molar-refractivity contribution < 1.29 is 9.53 Å². The first-order chi connectivity index (χ1) is 13.6. The van der Waals surface area contributed by atoms with E-state index in [-0.39, 0.29) is 17.9 Å². The van der Waals surface area contributed by atoms with Crippen LogP contribution in [0.1, 0.15) is 30.3 Å². The van der Waals surface area contributed by atoms with Crippen LogP contribution in [0.4, 0.5) is 0 Å². The molecule has 0 bridgehead atoms. The molecule has 3 aromatic rings. The number of amides is 1. The van der Waals surface area contributed by atoms with Crippen molar-refractivity contribution in [3.05, 3.63) is 72.3 Å². The highest BCUT2D eigenvalue weighted by atomic mass is 32.2. The zero-order chi connectivity index (χ0) is 19.5. The van der Waals surface area contributed by atoms with Crippen molar-refractivity contribution in [2.45, 2.75) is 35.7 Å². The molecule has 1 aromatic heterocycles. The first-order valence-corrected chi connectivity index (χ1v) is 10.2. The van der Waals surface area contributed by atoms with Crippen LogP contribution in [0.15, 0.2) is 70.7 Å². The molecule has 5 nitrogen and oxygen atoms in total. The third-order valence-corrected chi connectivity index (χ3v) is 6.13. The van der Waals surface area contributed by atoms with Gasteiger partial charge in [0.25, 0.3) is 0 Å². The molecule has 4 rings (SSSR count). The molecular formula is C22H23N3O2S. The van der Waals surface area contributed by atoms with E-state index in [0.29, 0.717) is 19.4 Å². The highest BCUT2D eigenvalue weighted by molar-refractivity contribution is 7.99. The molecule has 2 atom stereocenters. The minimum atomic E-state index is -0.227. The van der Waals surface area contributed by atoms with Crippen LogP contribution in [0.5, 0.6) is 0 Å². The summed E-state index contributed by atoms with van der Waals surface area (Å²) in [5.41, 5.74) is 7.67. The number of aryl methyl sites for hydroxylation is 1. The zero-order valence-corrected chi connectivity index (χ0v) is 16.6. The molecule has 2 unspecified atom stereocenters. The van der Waals surface area contributed by atoms with E-state index in [9.17, 15) is 4.79 Å². The van der Waals surface area contributed by atoms with Gasteiger partial charge in [0.1, 0.15) is 5.82 Å². The van der Waals surface area contributed by atoms with E-state index in [0.717, 1.165) is 22.0 Å². The number of aromatic nitrogens is 2. The Morgan fingerprint density at radius 2 is 1.82 bits per heavy atom. The molecule has 1 amide bonds. The van der Waals surface area contributed by atoms with Gasteiger partial charge in [0, 0.05) is 40.4 Å². The second kappa shape index (κ2) is 8.20. The fourth-order valence-electron chi connectivity index (χ4n) is 3.50. The first-order valence-electron chi connectivity index (χ1n) is 9.39. The van der Waals surface area contributed by atoms with Gasteiger partial charge in [-0.05, 0) is 61.7 Å². The van der Waals surface area contributed by atoms with Gasteiger partial charge in [-0.2, -0.15) is 0 Å². The van der Waals surface area contributed by atoms with Crippen molar-refractivity contribution in [3.63, 3.8) is 0 Å². The van der Waals surface area contributed by atoms with E-state index >= 15 is 0 Å². The molecule has 144 valence electrons. The van der Waals surface area contributed by atoms with Gasteiger partial charge in [0.2, 0.25) is 5.91 Å². The molecule has 1 fully saturated rings. The number of ether oxygens (including phenoxy) is 1.